The van der Waals surface area contributed by atoms with Crippen LogP contribution in [0.5, 0.6) is 0 Å². The molecule has 2 unspecified atom stereocenters. The lowest BCUT2D eigenvalue weighted by molar-refractivity contribution is 0.0793. The van der Waals surface area contributed by atoms with E-state index in [-0.39, 0.29) is 5.54 Å². The Morgan fingerprint density at radius 1 is 1.30 bits per heavy atom. The minimum Gasteiger partial charge on any atom is -0.302 e. The fraction of sp³-hybridized carbons (Fsp3) is 0.647. The summed E-state index contributed by atoms with van der Waals surface area (Å²) in [6.45, 7) is 4.53. The van der Waals surface area contributed by atoms with E-state index in [9.17, 15) is 0 Å². The van der Waals surface area contributed by atoms with Gasteiger partial charge in [-0.25, -0.2) is 0 Å². The third-order valence-electron chi connectivity index (χ3n) is 5.45. The van der Waals surface area contributed by atoms with Crippen LogP contribution in [0.4, 0.5) is 0 Å². The second-order valence-corrected chi connectivity index (χ2v) is 6.26. The number of benzene rings is 1. The number of nitrogens with zero attached hydrogens (tertiary/aromatic N) is 1. The van der Waals surface area contributed by atoms with Crippen LogP contribution < -0.4 is 11.3 Å². The molecule has 0 amide bonds. The number of hydrogen-bond acceptors (Lipinski definition) is 3. The Bertz CT molecular complexity index is 438. The van der Waals surface area contributed by atoms with Gasteiger partial charge in [-0.3, -0.25) is 11.3 Å². The SMILES string of the molecule is CCC(CC)(C(CC1Cc2ccccc21)NN)N(C)C. The Hall–Kier alpha value is -0.900. The third kappa shape index (κ3) is 2.50. The van der Waals surface area contributed by atoms with E-state index in [1.54, 1.807) is 0 Å². The molecule has 2 rings (SSSR count). The van der Waals surface area contributed by atoms with Crippen LogP contribution in [0.1, 0.15) is 50.2 Å². The lowest BCUT2D eigenvalue weighted by atomic mass is 9.70. The van der Waals surface area contributed by atoms with Gasteiger partial charge in [-0.05, 0) is 56.8 Å². The third-order valence-corrected chi connectivity index (χ3v) is 5.45. The molecule has 0 radical (unpaired) electrons. The highest BCUT2D eigenvalue weighted by molar-refractivity contribution is 5.40. The molecule has 1 aromatic carbocycles. The van der Waals surface area contributed by atoms with Crippen molar-refractivity contribution >= 4 is 0 Å². The standard InChI is InChI=1S/C17H29N3/c1-5-17(6-2,20(3)4)16(19-18)12-14-11-13-9-7-8-10-15(13)14/h7-10,14,16,19H,5-6,11-12,18H2,1-4H3. The molecule has 112 valence electrons. The van der Waals surface area contributed by atoms with Gasteiger partial charge in [-0.1, -0.05) is 38.1 Å². The zero-order valence-corrected chi connectivity index (χ0v) is 13.3. The number of hydrazine groups is 1. The van der Waals surface area contributed by atoms with Crippen LogP contribution in [0.2, 0.25) is 0 Å². The molecule has 0 spiro atoms. The van der Waals surface area contributed by atoms with Crippen LogP contribution in [0.15, 0.2) is 24.3 Å². The average Bonchev–Trinajstić information content (AvgIpc) is 2.43. The molecule has 0 bridgehead atoms. The Morgan fingerprint density at radius 3 is 2.45 bits per heavy atom. The van der Waals surface area contributed by atoms with Crippen molar-refractivity contribution in [1.29, 1.82) is 0 Å². The molecule has 3 heteroatoms. The van der Waals surface area contributed by atoms with Crippen LogP contribution in [-0.4, -0.2) is 30.6 Å². The maximum atomic E-state index is 5.92. The molecular formula is C17H29N3. The molecule has 1 aliphatic rings. The quantitative estimate of drug-likeness (QED) is 0.594. The summed E-state index contributed by atoms with van der Waals surface area (Å²) >= 11 is 0. The molecule has 0 saturated heterocycles. The summed E-state index contributed by atoms with van der Waals surface area (Å²) in [7, 11) is 4.35. The highest BCUT2D eigenvalue weighted by atomic mass is 15.3. The smallest absolute Gasteiger partial charge is 0.0400 e. The highest BCUT2D eigenvalue weighted by Gasteiger charge is 2.40. The molecule has 2 atom stereocenters. The molecule has 0 aliphatic heterocycles. The van der Waals surface area contributed by atoms with Crippen molar-refractivity contribution in [3.05, 3.63) is 35.4 Å². The highest BCUT2D eigenvalue weighted by Crippen LogP contribution is 2.40. The van der Waals surface area contributed by atoms with Gasteiger partial charge < -0.3 is 4.90 Å². The topological polar surface area (TPSA) is 41.3 Å². The number of hydrogen-bond donors (Lipinski definition) is 2. The Morgan fingerprint density at radius 2 is 1.95 bits per heavy atom. The maximum Gasteiger partial charge on any atom is 0.0400 e. The van der Waals surface area contributed by atoms with Gasteiger partial charge >= 0.3 is 0 Å². The van der Waals surface area contributed by atoms with Crippen LogP contribution in [0.25, 0.3) is 0 Å². The summed E-state index contributed by atoms with van der Waals surface area (Å²) in [6.07, 6.45) is 4.54. The molecular weight excluding hydrogens is 246 g/mol. The maximum absolute atomic E-state index is 5.92. The van der Waals surface area contributed by atoms with Crippen molar-refractivity contribution in [2.75, 3.05) is 14.1 Å². The van der Waals surface area contributed by atoms with E-state index in [2.05, 4.69) is 62.5 Å². The van der Waals surface area contributed by atoms with Crippen molar-refractivity contribution in [2.24, 2.45) is 5.84 Å². The van der Waals surface area contributed by atoms with E-state index >= 15 is 0 Å². The van der Waals surface area contributed by atoms with Gasteiger partial charge in [0, 0.05) is 11.6 Å². The number of likely N-dealkylation sites (N-methyl/N-ethyl adjacent to an activating group) is 1. The largest absolute Gasteiger partial charge is 0.302 e. The monoisotopic (exact) mass is 275 g/mol. The number of rotatable bonds is 7. The predicted octanol–water partition coefficient (Wildman–Crippen LogP) is 2.67. The molecule has 20 heavy (non-hydrogen) atoms. The second-order valence-electron chi connectivity index (χ2n) is 6.26. The summed E-state index contributed by atoms with van der Waals surface area (Å²) < 4.78 is 0. The molecule has 0 heterocycles. The number of fused-ring (bicyclic) bond motifs is 1. The van der Waals surface area contributed by atoms with E-state index in [1.165, 1.54) is 17.5 Å². The van der Waals surface area contributed by atoms with E-state index in [0.29, 0.717) is 12.0 Å². The van der Waals surface area contributed by atoms with Gasteiger partial charge in [0.2, 0.25) is 0 Å². The van der Waals surface area contributed by atoms with Crippen LogP contribution in [0, 0.1) is 0 Å². The van der Waals surface area contributed by atoms with Crippen LogP contribution >= 0.6 is 0 Å². The van der Waals surface area contributed by atoms with Gasteiger partial charge in [0.1, 0.15) is 0 Å². The van der Waals surface area contributed by atoms with Gasteiger partial charge in [0.05, 0.1) is 0 Å². The van der Waals surface area contributed by atoms with Gasteiger partial charge in [0.25, 0.3) is 0 Å². The average molecular weight is 275 g/mol. The minimum absolute atomic E-state index is 0.138. The van der Waals surface area contributed by atoms with Crippen molar-refractivity contribution < 1.29 is 0 Å². The van der Waals surface area contributed by atoms with Crippen LogP contribution in [-0.2, 0) is 6.42 Å². The van der Waals surface area contributed by atoms with E-state index in [0.717, 1.165) is 19.3 Å². The second kappa shape index (κ2) is 6.25. The first-order valence-corrected chi connectivity index (χ1v) is 7.80. The summed E-state index contributed by atoms with van der Waals surface area (Å²) in [5.74, 6) is 6.58. The first-order chi connectivity index (χ1) is 9.58. The Balaban J connectivity index is 2.14. The zero-order valence-electron chi connectivity index (χ0n) is 13.3. The number of nitrogens with two attached hydrogens (primary N) is 1. The molecule has 0 fully saturated rings. The van der Waals surface area contributed by atoms with Gasteiger partial charge in [-0.15, -0.1) is 0 Å². The summed E-state index contributed by atoms with van der Waals surface area (Å²) in [4.78, 5) is 2.35. The summed E-state index contributed by atoms with van der Waals surface area (Å²) in [5, 5.41) is 0. The zero-order chi connectivity index (χ0) is 14.8. The van der Waals surface area contributed by atoms with Crippen molar-refractivity contribution in [3.63, 3.8) is 0 Å². The molecule has 0 aromatic heterocycles. The van der Waals surface area contributed by atoms with Crippen molar-refractivity contribution in [2.45, 2.75) is 57.0 Å². The summed E-state index contributed by atoms with van der Waals surface area (Å²) in [5.41, 5.74) is 6.28. The van der Waals surface area contributed by atoms with Gasteiger partial charge in [-0.2, -0.15) is 0 Å². The van der Waals surface area contributed by atoms with E-state index < -0.39 is 0 Å². The van der Waals surface area contributed by atoms with Gasteiger partial charge in [0.15, 0.2) is 0 Å². The Labute approximate surface area is 123 Å². The molecule has 0 saturated carbocycles. The molecule has 3 N–H and O–H groups in total. The van der Waals surface area contributed by atoms with Crippen LogP contribution in [0.3, 0.4) is 0 Å². The van der Waals surface area contributed by atoms with Crippen molar-refractivity contribution in [3.8, 4) is 0 Å². The fourth-order valence-corrected chi connectivity index (χ4v) is 3.99. The number of nitrogens with one attached hydrogen (secondary N) is 1. The predicted molar refractivity (Wildman–Crippen MR) is 85.6 cm³/mol. The first kappa shape index (κ1) is 15.5. The lowest BCUT2D eigenvalue weighted by Crippen LogP contribution is -2.60. The van der Waals surface area contributed by atoms with E-state index in [4.69, 9.17) is 5.84 Å². The first-order valence-electron chi connectivity index (χ1n) is 7.80. The minimum atomic E-state index is 0.138. The lowest BCUT2D eigenvalue weighted by Gasteiger charge is -2.47. The fourth-order valence-electron chi connectivity index (χ4n) is 3.99. The Kier molecular flexibility index (Phi) is 4.84. The molecule has 1 aromatic rings. The molecule has 1 aliphatic carbocycles. The van der Waals surface area contributed by atoms with Crippen molar-refractivity contribution in [1.82, 2.24) is 10.3 Å². The molecule has 3 nitrogen and oxygen atoms in total. The normalized spacial score (nSPS) is 19.6. The van der Waals surface area contributed by atoms with E-state index in [1.807, 2.05) is 0 Å². The summed E-state index contributed by atoms with van der Waals surface area (Å²) in [6, 6.07) is 9.12.